The molecule has 1 fully saturated rings. The van der Waals surface area contributed by atoms with E-state index in [9.17, 15) is 14.7 Å². The molecule has 0 saturated carbocycles. The molecule has 0 amide bonds. The van der Waals surface area contributed by atoms with E-state index in [1.54, 1.807) is 14.0 Å². The molecule has 1 aliphatic rings. The highest BCUT2D eigenvalue weighted by atomic mass is 28.4. The Balaban J connectivity index is 2.45. The number of nitrogens with zero attached hydrogens (tertiary/aromatic N) is 1. The van der Waals surface area contributed by atoms with E-state index in [0.717, 1.165) is 0 Å². The lowest BCUT2D eigenvalue weighted by Crippen LogP contribution is -2.50. The van der Waals surface area contributed by atoms with Gasteiger partial charge in [0.2, 0.25) is 0 Å². The van der Waals surface area contributed by atoms with Gasteiger partial charge in [-0.15, -0.1) is 0 Å². The molecular formula is C19H34N2O7Si. The topological polar surface area (TPSA) is 112 Å². The first kappa shape index (κ1) is 24.0. The second-order valence-electron chi connectivity index (χ2n) is 8.90. The average Bonchev–Trinajstić information content (AvgIpc) is 2.94. The first-order valence-corrected chi connectivity index (χ1v) is 12.7. The molecular weight excluding hydrogens is 396 g/mol. The van der Waals surface area contributed by atoms with Gasteiger partial charge in [-0.3, -0.25) is 14.3 Å². The first-order valence-electron chi connectivity index (χ1n) is 9.79. The molecule has 2 heterocycles. The summed E-state index contributed by atoms with van der Waals surface area (Å²) in [7, 11) is -0.658. The van der Waals surface area contributed by atoms with E-state index in [2.05, 4.69) is 38.8 Å². The van der Waals surface area contributed by atoms with Crippen molar-refractivity contribution in [2.24, 2.45) is 0 Å². The van der Waals surface area contributed by atoms with Gasteiger partial charge in [0.25, 0.3) is 5.56 Å². The third-order valence-electron chi connectivity index (χ3n) is 5.72. The third-order valence-corrected chi connectivity index (χ3v) is 10.2. The standard InChI is InChI=1S/C19H34N2O7Si/c1-12-10-21(18(24)20-16(12)23)17-15(26-9-8-25-5)14(13(11-22)27-17)28-29(6,7)19(2,3)4/h10,13-15,17,22H,8-9,11H2,1-7H3,(H,20,23,24). The summed E-state index contributed by atoms with van der Waals surface area (Å²) < 4.78 is 25.0. The Morgan fingerprint density at radius 2 is 1.90 bits per heavy atom. The maximum atomic E-state index is 12.5. The molecule has 2 N–H and O–H groups in total. The number of rotatable bonds is 8. The van der Waals surface area contributed by atoms with Gasteiger partial charge in [0.1, 0.15) is 18.3 Å². The molecule has 0 aliphatic carbocycles. The van der Waals surface area contributed by atoms with E-state index in [0.29, 0.717) is 12.2 Å². The molecule has 4 unspecified atom stereocenters. The first-order chi connectivity index (χ1) is 13.4. The molecule has 1 saturated heterocycles. The average molecular weight is 431 g/mol. The summed E-state index contributed by atoms with van der Waals surface area (Å²) in [6.45, 7) is 12.5. The Kier molecular flexibility index (Phi) is 7.63. The van der Waals surface area contributed by atoms with E-state index in [-0.39, 0.29) is 18.3 Å². The van der Waals surface area contributed by atoms with Crippen LogP contribution in [0.3, 0.4) is 0 Å². The molecule has 1 aromatic heterocycles. The SMILES string of the molecule is COCCOC1C(O[Si](C)(C)C(C)(C)C)C(CO)OC1n1cc(C)c(=O)[nH]c1=O. The molecule has 29 heavy (non-hydrogen) atoms. The van der Waals surface area contributed by atoms with Gasteiger partial charge in [0, 0.05) is 18.9 Å². The Labute approximate surface area is 172 Å². The zero-order chi connectivity index (χ0) is 22.0. The largest absolute Gasteiger partial charge is 0.408 e. The van der Waals surface area contributed by atoms with Crippen LogP contribution in [0.1, 0.15) is 32.6 Å². The number of H-pyrrole nitrogens is 1. The predicted molar refractivity (Wildman–Crippen MR) is 111 cm³/mol. The van der Waals surface area contributed by atoms with Crippen molar-refractivity contribution < 1.29 is 23.7 Å². The minimum atomic E-state index is -2.23. The second kappa shape index (κ2) is 9.23. The molecule has 166 valence electrons. The third kappa shape index (κ3) is 5.25. The number of aliphatic hydroxyl groups is 1. The molecule has 0 spiro atoms. The quantitative estimate of drug-likeness (QED) is 0.470. The number of hydrogen-bond donors (Lipinski definition) is 2. The lowest BCUT2D eigenvalue weighted by molar-refractivity contribution is -0.0814. The zero-order valence-electron chi connectivity index (χ0n) is 18.4. The zero-order valence-corrected chi connectivity index (χ0v) is 19.4. The van der Waals surface area contributed by atoms with Crippen LogP contribution < -0.4 is 11.2 Å². The van der Waals surface area contributed by atoms with Crippen LogP contribution in [0.25, 0.3) is 0 Å². The number of aliphatic hydroxyl groups excluding tert-OH is 1. The van der Waals surface area contributed by atoms with Crippen LogP contribution in [0, 0.1) is 6.92 Å². The van der Waals surface area contributed by atoms with Crippen LogP contribution in [0.15, 0.2) is 15.8 Å². The van der Waals surface area contributed by atoms with Crippen molar-refractivity contribution in [1.29, 1.82) is 0 Å². The Hall–Kier alpha value is -1.30. The van der Waals surface area contributed by atoms with E-state index in [1.807, 2.05) is 0 Å². The maximum Gasteiger partial charge on any atom is 0.330 e. The number of aryl methyl sites for hydroxylation is 1. The van der Waals surface area contributed by atoms with Gasteiger partial charge in [-0.1, -0.05) is 20.8 Å². The molecule has 0 bridgehead atoms. The minimum Gasteiger partial charge on any atom is -0.408 e. The number of methoxy groups -OCH3 is 1. The number of nitrogens with one attached hydrogen (secondary N) is 1. The summed E-state index contributed by atoms with van der Waals surface area (Å²) in [5.41, 5.74) is -0.678. The highest BCUT2D eigenvalue weighted by Gasteiger charge is 2.51. The fourth-order valence-electron chi connectivity index (χ4n) is 2.96. The van der Waals surface area contributed by atoms with Gasteiger partial charge in [-0.2, -0.15) is 0 Å². The summed E-state index contributed by atoms with van der Waals surface area (Å²) in [6.07, 6.45) is -1.29. The Bertz CT molecular complexity index is 799. The Morgan fingerprint density at radius 1 is 1.24 bits per heavy atom. The van der Waals surface area contributed by atoms with E-state index in [1.165, 1.54) is 10.8 Å². The van der Waals surface area contributed by atoms with Gasteiger partial charge >= 0.3 is 5.69 Å². The number of ether oxygens (including phenoxy) is 3. The van der Waals surface area contributed by atoms with Gasteiger partial charge in [-0.25, -0.2) is 4.79 Å². The highest BCUT2D eigenvalue weighted by Crippen LogP contribution is 2.41. The molecule has 4 atom stereocenters. The van der Waals surface area contributed by atoms with Crippen LogP contribution in [-0.2, 0) is 18.6 Å². The molecule has 1 aromatic rings. The van der Waals surface area contributed by atoms with E-state index in [4.69, 9.17) is 18.6 Å². The summed E-state index contributed by atoms with van der Waals surface area (Å²) >= 11 is 0. The van der Waals surface area contributed by atoms with Crippen molar-refractivity contribution in [1.82, 2.24) is 9.55 Å². The van der Waals surface area contributed by atoms with E-state index < -0.39 is 44.1 Å². The summed E-state index contributed by atoms with van der Waals surface area (Å²) in [4.78, 5) is 26.5. The fourth-order valence-corrected chi connectivity index (χ4v) is 4.28. The van der Waals surface area contributed by atoms with Crippen LogP contribution in [0.2, 0.25) is 18.1 Å². The highest BCUT2D eigenvalue weighted by molar-refractivity contribution is 6.74. The van der Waals surface area contributed by atoms with Gasteiger partial charge in [0.05, 0.1) is 19.8 Å². The van der Waals surface area contributed by atoms with Gasteiger partial charge in [0.15, 0.2) is 14.5 Å². The summed E-state index contributed by atoms with van der Waals surface area (Å²) in [5.74, 6) is 0. The van der Waals surface area contributed by atoms with Crippen LogP contribution in [-0.4, -0.2) is 68.2 Å². The van der Waals surface area contributed by atoms with Gasteiger partial charge in [-0.05, 0) is 25.1 Å². The van der Waals surface area contributed by atoms with Crippen molar-refractivity contribution >= 4 is 8.32 Å². The number of aromatic nitrogens is 2. The van der Waals surface area contributed by atoms with Crippen LogP contribution in [0.4, 0.5) is 0 Å². The molecule has 10 heteroatoms. The molecule has 0 radical (unpaired) electrons. The molecule has 2 rings (SSSR count). The molecule has 9 nitrogen and oxygen atoms in total. The molecule has 1 aliphatic heterocycles. The Morgan fingerprint density at radius 3 is 2.45 bits per heavy atom. The fraction of sp³-hybridized carbons (Fsp3) is 0.789. The summed E-state index contributed by atoms with van der Waals surface area (Å²) in [6, 6.07) is 0. The predicted octanol–water partition coefficient (Wildman–Crippen LogP) is 1.16. The summed E-state index contributed by atoms with van der Waals surface area (Å²) in [5, 5.41) is 9.88. The minimum absolute atomic E-state index is 0.0619. The lowest BCUT2D eigenvalue weighted by Gasteiger charge is -2.40. The maximum absolute atomic E-state index is 12.5. The second-order valence-corrected chi connectivity index (χ2v) is 13.7. The van der Waals surface area contributed by atoms with Crippen molar-refractivity contribution in [3.8, 4) is 0 Å². The van der Waals surface area contributed by atoms with Crippen LogP contribution in [0.5, 0.6) is 0 Å². The number of hydrogen-bond acceptors (Lipinski definition) is 7. The van der Waals surface area contributed by atoms with Crippen molar-refractivity contribution in [2.45, 2.75) is 70.4 Å². The van der Waals surface area contributed by atoms with E-state index >= 15 is 0 Å². The molecule has 0 aromatic carbocycles. The van der Waals surface area contributed by atoms with Crippen molar-refractivity contribution in [2.75, 3.05) is 26.9 Å². The van der Waals surface area contributed by atoms with Crippen molar-refractivity contribution in [3.63, 3.8) is 0 Å². The normalized spacial score (nSPS) is 25.5. The van der Waals surface area contributed by atoms with Crippen LogP contribution >= 0.6 is 0 Å². The smallest absolute Gasteiger partial charge is 0.330 e. The van der Waals surface area contributed by atoms with Crippen molar-refractivity contribution in [3.05, 3.63) is 32.6 Å². The number of aromatic amines is 1. The van der Waals surface area contributed by atoms with Gasteiger partial charge < -0.3 is 23.7 Å². The monoisotopic (exact) mass is 430 g/mol. The lowest BCUT2D eigenvalue weighted by atomic mass is 10.1.